The summed E-state index contributed by atoms with van der Waals surface area (Å²) in [5, 5.41) is 2.97. The monoisotopic (exact) mass is 371 g/mol. The first-order valence-corrected chi connectivity index (χ1v) is 10.6. The highest BCUT2D eigenvalue weighted by Crippen LogP contribution is 2.23. The Bertz CT molecular complexity index is 615. The van der Waals surface area contributed by atoms with Gasteiger partial charge in [0.25, 0.3) is 0 Å². The van der Waals surface area contributed by atoms with Gasteiger partial charge in [0, 0.05) is 50.4 Å². The minimum absolute atomic E-state index is 0.0243. The van der Waals surface area contributed by atoms with Gasteiger partial charge in [-0.05, 0) is 49.9 Å². The van der Waals surface area contributed by atoms with Gasteiger partial charge in [-0.25, -0.2) is 0 Å². The fourth-order valence-corrected chi connectivity index (χ4v) is 4.34. The molecule has 1 aliphatic heterocycles. The van der Waals surface area contributed by atoms with Crippen LogP contribution in [0, 0.1) is 0 Å². The molecule has 148 valence electrons. The lowest BCUT2D eigenvalue weighted by Gasteiger charge is -2.30. The SMILES string of the molecule is CC(=O)N(CCC(=O)Nc1ccc(N2CCCC2)cc1)C1CCCCCC1. The number of benzene rings is 1. The van der Waals surface area contributed by atoms with Crippen molar-refractivity contribution in [3.05, 3.63) is 24.3 Å². The Hall–Kier alpha value is -2.04. The molecule has 2 fully saturated rings. The predicted molar refractivity (Wildman–Crippen MR) is 110 cm³/mol. The van der Waals surface area contributed by atoms with Crippen LogP contribution in [-0.2, 0) is 9.59 Å². The third-order valence-electron chi connectivity index (χ3n) is 5.87. The Morgan fingerprint density at radius 3 is 2.22 bits per heavy atom. The van der Waals surface area contributed by atoms with Crippen LogP contribution in [0.25, 0.3) is 0 Å². The zero-order valence-corrected chi connectivity index (χ0v) is 16.6. The molecule has 0 atom stereocenters. The Kier molecular flexibility index (Phi) is 7.13. The maximum Gasteiger partial charge on any atom is 0.226 e. The molecule has 5 nitrogen and oxygen atoms in total. The van der Waals surface area contributed by atoms with Gasteiger partial charge in [0.2, 0.25) is 11.8 Å². The number of nitrogens with zero attached hydrogens (tertiary/aromatic N) is 2. The van der Waals surface area contributed by atoms with E-state index in [-0.39, 0.29) is 11.8 Å². The van der Waals surface area contributed by atoms with Crippen molar-refractivity contribution in [2.24, 2.45) is 0 Å². The van der Waals surface area contributed by atoms with Gasteiger partial charge in [-0.2, -0.15) is 0 Å². The summed E-state index contributed by atoms with van der Waals surface area (Å²) in [7, 11) is 0. The lowest BCUT2D eigenvalue weighted by atomic mass is 10.1. The van der Waals surface area contributed by atoms with E-state index in [9.17, 15) is 9.59 Å². The Morgan fingerprint density at radius 2 is 1.63 bits per heavy atom. The van der Waals surface area contributed by atoms with Gasteiger partial charge in [-0.1, -0.05) is 25.7 Å². The van der Waals surface area contributed by atoms with Crippen LogP contribution in [0.4, 0.5) is 11.4 Å². The summed E-state index contributed by atoms with van der Waals surface area (Å²) in [6, 6.07) is 8.40. The standard InChI is InChI=1S/C22H33N3O2/c1-18(26)25(21-8-4-2-3-5-9-21)17-14-22(27)23-19-10-12-20(13-11-19)24-15-6-7-16-24/h10-13,21H,2-9,14-17H2,1H3,(H,23,27). The normalized spacial score (nSPS) is 18.2. The van der Waals surface area contributed by atoms with Crippen LogP contribution in [0.5, 0.6) is 0 Å². The van der Waals surface area contributed by atoms with Crippen LogP contribution in [0.2, 0.25) is 0 Å². The molecule has 1 N–H and O–H groups in total. The molecule has 2 amide bonds. The topological polar surface area (TPSA) is 52.7 Å². The summed E-state index contributed by atoms with van der Waals surface area (Å²) in [4.78, 5) is 28.7. The molecule has 2 aliphatic rings. The molecule has 0 aromatic heterocycles. The van der Waals surface area contributed by atoms with Crippen LogP contribution >= 0.6 is 0 Å². The summed E-state index contributed by atoms with van der Waals surface area (Å²) >= 11 is 0. The number of carbonyl (C=O) groups excluding carboxylic acids is 2. The average molecular weight is 372 g/mol. The number of rotatable bonds is 6. The van der Waals surface area contributed by atoms with Crippen LogP contribution in [0.1, 0.15) is 64.7 Å². The van der Waals surface area contributed by atoms with E-state index in [1.165, 1.54) is 44.2 Å². The molecule has 1 saturated heterocycles. The zero-order valence-electron chi connectivity index (χ0n) is 16.6. The van der Waals surface area contributed by atoms with E-state index >= 15 is 0 Å². The largest absolute Gasteiger partial charge is 0.372 e. The molecule has 3 rings (SSSR count). The predicted octanol–water partition coefficient (Wildman–Crippen LogP) is 4.19. The first-order chi connectivity index (χ1) is 13.1. The first kappa shape index (κ1) is 19.7. The van der Waals surface area contributed by atoms with Crippen molar-refractivity contribution in [2.45, 2.75) is 70.8 Å². The minimum atomic E-state index is -0.0243. The van der Waals surface area contributed by atoms with Crippen LogP contribution in [-0.4, -0.2) is 42.4 Å². The minimum Gasteiger partial charge on any atom is -0.372 e. The molecular weight excluding hydrogens is 338 g/mol. The maximum atomic E-state index is 12.4. The molecule has 0 bridgehead atoms. The Balaban J connectivity index is 1.49. The molecule has 0 spiro atoms. The Morgan fingerprint density at radius 1 is 1.00 bits per heavy atom. The molecule has 1 aromatic carbocycles. The van der Waals surface area contributed by atoms with Gasteiger partial charge in [0.05, 0.1) is 0 Å². The summed E-state index contributed by atoms with van der Waals surface area (Å²) in [5.74, 6) is 0.0634. The lowest BCUT2D eigenvalue weighted by Crippen LogP contribution is -2.40. The van der Waals surface area contributed by atoms with Gasteiger partial charge in [-0.3, -0.25) is 9.59 Å². The summed E-state index contributed by atoms with van der Waals surface area (Å²) in [6.07, 6.45) is 9.89. The second kappa shape index (κ2) is 9.77. The summed E-state index contributed by atoms with van der Waals surface area (Å²) < 4.78 is 0. The highest BCUT2D eigenvalue weighted by Gasteiger charge is 2.22. The second-order valence-corrected chi connectivity index (χ2v) is 7.90. The highest BCUT2D eigenvalue weighted by atomic mass is 16.2. The van der Waals surface area contributed by atoms with Crippen molar-refractivity contribution in [3.8, 4) is 0 Å². The van der Waals surface area contributed by atoms with E-state index in [1.807, 2.05) is 17.0 Å². The smallest absolute Gasteiger partial charge is 0.226 e. The number of nitrogens with one attached hydrogen (secondary N) is 1. The van der Waals surface area contributed by atoms with E-state index in [4.69, 9.17) is 0 Å². The van der Waals surface area contributed by atoms with Crippen molar-refractivity contribution in [2.75, 3.05) is 29.9 Å². The summed E-state index contributed by atoms with van der Waals surface area (Å²) in [6.45, 7) is 4.37. The molecular formula is C22H33N3O2. The highest BCUT2D eigenvalue weighted by molar-refractivity contribution is 5.91. The van der Waals surface area contributed by atoms with Gasteiger partial charge >= 0.3 is 0 Å². The fraction of sp³-hybridized carbons (Fsp3) is 0.636. The fourth-order valence-electron chi connectivity index (χ4n) is 4.34. The van der Waals surface area contributed by atoms with Crippen LogP contribution < -0.4 is 10.2 Å². The first-order valence-electron chi connectivity index (χ1n) is 10.6. The molecule has 1 heterocycles. The van der Waals surface area contributed by atoms with E-state index in [1.54, 1.807) is 6.92 Å². The molecule has 0 unspecified atom stereocenters. The molecule has 1 saturated carbocycles. The molecule has 0 radical (unpaired) electrons. The maximum absolute atomic E-state index is 12.4. The van der Waals surface area contributed by atoms with Gasteiger partial charge in [-0.15, -0.1) is 0 Å². The van der Waals surface area contributed by atoms with Crippen LogP contribution in [0.15, 0.2) is 24.3 Å². The van der Waals surface area contributed by atoms with Gasteiger partial charge in [0.1, 0.15) is 0 Å². The van der Waals surface area contributed by atoms with E-state index < -0.39 is 0 Å². The van der Waals surface area contributed by atoms with Gasteiger partial charge < -0.3 is 15.1 Å². The average Bonchev–Trinajstić information content (AvgIpc) is 3.06. The van der Waals surface area contributed by atoms with Gasteiger partial charge in [0.15, 0.2) is 0 Å². The van der Waals surface area contributed by atoms with Crippen molar-refractivity contribution in [1.29, 1.82) is 0 Å². The quantitative estimate of drug-likeness (QED) is 0.763. The molecule has 5 heteroatoms. The van der Waals surface area contributed by atoms with Crippen molar-refractivity contribution < 1.29 is 9.59 Å². The molecule has 27 heavy (non-hydrogen) atoms. The summed E-state index contributed by atoms with van der Waals surface area (Å²) in [5.41, 5.74) is 2.05. The van der Waals surface area contributed by atoms with E-state index in [0.717, 1.165) is 31.6 Å². The third-order valence-corrected chi connectivity index (χ3v) is 5.87. The Labute approximate surface area is 163 Å². The number of amides is 2. The number of hydrogen-bond acceptors (Lipinski definition) is 3. The number of anilines is 2. The van der Waals surface area contributed by atoms with E-state index in [0.29, 0.717) is 19.0 Å². The van der Waals surface area contributed by atoms with Crippen molar-refractivity contribution >= 4 is 23.2 Å². The third kappa shape index (κ3) is 5.72. The van der Waals surface area contributed by atoms with Crippen LogP contribution in [0.3, 0.4) is 0 Å². The number of hydrogen-bond donors (Lipinski definition) is 1. The zero-order chi connectivity index (χ0) is 19.1. The van der Waals surface area contributed by atoms with E-state index in [2.05, 4.69) is 22.3 Å². The lowest BCUT2D eigenvalue weighted by molar-refractivity contribution is -0.131. The van der Waals surface area contributed by atoms with Crippen molar-refractivity contribution in [3.63, 3.8) is 0 Å². The number of carbonyl (C=O) groups is 2. The van der Waals surface area contributed by atoms with Crippen molar-refractivity contribution in [1.82, 2.24) is 4.90 Å². The molecule has 1 aromatic rings. The molecule has 1 aliphatic carbocycles. The second-order valence-electron chi connectivity index (χ2n) is 7.90.